The second kappa shape index (κ2) is 37.0. The molecule has 0 aliphatic rings. The molecule has 0 heterocycles. The fourth-order valence-corrected chi connectivity index (χ4v) is 7.15. The normalized spacial score (nSPS) is 13.3. The van der Waals surface area contributed by atoms with Gasteiger partial charge in [-0.05, 0) is 25.7 Å². The highest BCUT2D eigenvalue weighted by Gasteiger charge is 2.38. The lowest BCUT2D eigenvalue weighted by Gasteiger charge is -2.33. The van der Waals surface area contributed by atoms with Crippen LogP contribution in [-0.2, 0) is 42.9 Å². The molecule has 0 aromatic carbocycles. The minimum atomic E-state index is -1.12. The zero-order chi connectivity index (χ0) is 40.9. The molecule has 10 heteroatoms. The standard InChI is InChI=1S/C45H83NO9/c1-7-9-11-13-15-17-19-20-21-22-23-24-25-27-28-30-32-34-42(53-38(4)48)44(55-40(6)50)41(36-52-37(3)47)46-45(51)43(54-39(5)49)35-33-31-29-26-18-16-14-12-10-8-2/h41-44H,7-36H2,1-6H3,(H,46,51)/t41-,42+,43?,44-/m0/s1. The van der Waals surface area contributed by atoms with Crippen molar-refractivity contribution in [2.45, 2.75) is 252 Å². The van der Waals surface area contributed by atoms with E-state index in [1.807, 2.05) is 0 Å². The van der Waals surface area contributed by atoms with Crippen molar-refractivity contribution in [2.24, 2.45) is 0 Å². The van der Waals surface area contributed by atoms with Gasteiger partial charge >= 0.3 is 23.9 Å². The van der Waals surface area contributed by atoms with Crippen LogP contribution in [0.25, 0.3) is 0 Å². The molecule has 10 nitrogen and oxygen atoms in total. The summed E-state index contributed by atoms with van der Waals surface area (Å²) in [5, 5.41) is 2.82. The van der Waals surface area contributed by atoms with Crippen molar-refractivity contribution >= 4 is 29.8 Å². The van der Waals surface area contributed by atoms with Crippen LogP contribution < -0.4 is 5.32 Å². The van der Waals surface area contributed by atoms with Crippen LogP contribution in [0.5, 0.6) is 0 Å². The van der Waals surface area contributed by atoms with Gasteiger partial charge < -0.3 is 24.3 Å². The predicted molar refractivity (Wildman–Crippen MR) is 220 cm³/mol. The first-order valence-electron chi connectivity index (χ1n) is 22.5. The number of nitrogens with one attached hydrogen (secondary N) is 1. The number of carbonyl (C=O) groups excluding carboxylic acids is 5. The number of unbranched alkanes of at least 4 members (excludes halogenated alkanes) is 25. The molecular formula is C45H83NO9. The van der Waals surface area contributed by atoms with Gasteiger partial charge in [0.2, 0.25) is 0 Å². The van der Waals surface area contributed by atoms with Crippen molar-refractivity contribution in [3.8, 4) is 0 Å². The van der Waals surface area contributed by atoms with Gasteiger partial charge in [-0.3, -0.25) is 24.0 Å². The molecule has 1 unspecified atom stereocenters. The Morgan fingerprint density at radius 1 is 0.418 bits per heavy atom. The van der Waals surface area contributed by atoms with E-state index in [2.05, 4.69) is 19.2 Å². The van der Waals surface area contributed by atoms with Crippen molar-refractivity contribution in [1.82, 2.24) is 5.32 Å². The molecule has 0 rings (SSSR count). The summed E-state index contributed by atoms with van der Waals surface area (Å²) in [6.07, 6.45) is 30.0. The van der Waals surface area contributed by atoms with E-state index in [1.54, 1.807) is 0 Å². The van der Waals surface area contributed by atoms with Crippen molar-refractivity contribution in [2.75, 3.05) is 6.61 Å². The largest absolute Gasteiger partial charge is 0.464 e. The van der Waals surface area contributed by atoms with Gasteiger partial charge in [0.1, 0.15) is 18.8 Å². The van der Waals surface area contributed by atoms with E-state index in [9.17, 15) is 24.0 Å². The Balaban J connectivity index is 5.11. The van der Waals surface area contributed by atoms with Crippen molar-refractivity contribution < 1.29 is 42.9 Å². The van der Waals surface area contributed by atoms with E-state index in [4.69, 9.17) is 18.9 Å². The van der Waals surface area contributed by atoms with Gasteiger partial charge in [-0.25, -0.2) is 0 Å². The number of carbonyl (C=O) groups is 5. The summed E-state index contributed by atoms with van der Waals surface area (Å²) >= 11 is 0. The smallest absolute Gasteiger partial charge is 0.303 e. The van der Waals surface area contributed by atoms with Crippen LogP contribution >= 0.6 is 0 Å². The van der Waals surface area contributed by atoms with Gasteiger partial charge in [0.25, 0.3) is 5.91 Å². The average molecular weight is 782 g/mol. The van der Waals surface area contributed by atoms with Crippen LogP contribution in [0.3, 0.4) is 0 Å². The molecule has 1 amide bonds. The maximum absolute atomic E-state index is 13.6. The molecule has 0 radical (unpaired) electrons. The first kappa shape index (κ1) is 52.3. The number of rotatable bonds is 38. The molecule has 0 bridgehead atoms. The summed E-state index contributed by atoms with van der Waals surface area (Å²) in [4.78, 5) is 62.1. The molecule has 1 N–H and O–H groups in total. The van der Waals surface area contributed by atoms with Crippen LogP contribution in [-0.4, -0.2) is 60.7 Å². The highest BCUT2D eigenvalue weighted by molar-refractivity contribution is 5.83. The topological polar surface area (TPSA) is 134 Å². The van der Waals surface area contributed by atoms with Crippen molar-refractivity contribution in [3.63, 3.8) is 0 Å². The third-order valence-electron chi connectivity index (χ3n) is 10.2. The molecule has 0 spiro atoms. The highest BCUT2D eigenvalue weighted by atomic mass is 16.6. The monoisotopic (exact) mass is 782 g/mol. The molecule has 0 aliphatic heterocycles. The van der Waals surface area contributed by atoms with Crippen LogP contribution in [0, 0.1) is 0 Å². The first-order chi connectivity index (χ1) is 26.5. The van der Waals surface area contributed by atoms with E-state index in [1.165, 1.54) is 150 Å². The van der Waals surface area contributed by atoms with Gasteiger partial charge in [-0.1, -0.05) is 174 Å². The Kier molecular flexibility index (Phi) is 35.2. The van der Waals surface area contributed by atoms with Gasteiger partial charge in [-0.2, -0.15) is 0 Å². The lowest BCUT2D eigenvalue weighted by molar-refractivity contribution is -0.172. The molecule has 0 aromatic heterocycles. The maximum atomic E-state index is 13.6. The molecule has 0 saturated heterocycles. The van der Waals surface area contributed by atoms with E-state index in [-0.39, 0.29) is 6.61 Å². The second-order valence-corrected chi connectivity index (χ2v) is 15.7. The fraction of sp³-hybridized carbons (Fsp3) is 0.889. The summed E-state index contributed by atoms with van der Waals surface area (Å²) < 4.78 is 22.1. The first-order valence-corrected chi connectivity index (χ1v) is 22.5. The highest BCUT2D eigenvalue weighted by Crippen LogP contribution is 2.21. The van der Waals surface area contributed by atoms with Gasteiger partial charge in [0, 0.05) is 27.7 Å². The maximum Gasteiger partial charge on any atom is 0.303 e. The second-order valence-electron chi connectivity index (χ2n) is 15.7. The summed E-state index contributed by atoms with van der Waals surface area (Å²) in [6, 6.07) is -1.04. The van der Waals surface area contributed by atoms with E-state index < -0.39 is 54.1 Å². The van der Waals surface area contributed by atoms with Crippen LogP contribution in [0.4, 0.5) is 0 Å². The lowest BCUT2D eigenvalue weighted by Crippen LogP contribution is -2.56. The van der Waals surface area contributed by atoms with Crippen molar-refractivity contribution in [1.29, 1.82) is 0 Å². The molecule has 0 aromatic rings. The van der Waals surface area contributed by atoms with Gasteiger partial charge in [0.15, 0.2) is 12.2 Å². The fourth-order valence-electron chi connectivity index (χ4n) is 7.15. The SMILES string of the molecule is CCCCCCCCCCCCCCCCCCC[C@@H](OC(C)=O)[C@@H](OC(C)=O)[C@H](COC(C)=O)NC(=O)C(CCCCCCCCCCCC)OC(C)=O. The number of ether oxygens (including phenoxy) is 4. The summed E-state index contributed by atoms with van der Waals surface area (Å²) in [6.45, 7) is 9.18. The number of hydrogen-bond donors (Lipinski definition) is 1. The molecular weight excluding hydrogens is 698 g/mol. The molecule has 55 heavy (non-hydrogen) atoms. The molecule has 0 fully saturated rings. The molecule has 322 valence electrons. The quantitative estimate of drug-likeness (QED) is 0.0369. The van der Waals surface area contributed by atoms with E-state index in [0.717, 1.165) is 44.9 Å². The zero-order valence-corrected chi connectivity index (χ0v) is 36.2. The Bertz CT molecular complexity index is 987. The van der Waals surface area contributed by atoms with Crippen LogP contribution in [0.2, 0.25) is 0 Å². The third-order valence-corrected chi connectivity index (χ3v) is 10.2. The minimum absolute atomic E-state index is 0.319. The Hall–Kier alpha value is -2.65. The van der Waals surface area contributed by atoms with E-state index >= 15 is 0 Å². The Morgan fingerprint density at radius 3 is 1.11 bits per heavy atom. The minimum Gasteiger partial charge on any atom is -0.464 e. The van der Waals surface area contributed by atoms with Gasteiger partial charge in [0.05, 0.1) is 0 Å². The summed E-state index contributed by atoms with van der Waals surface area (Å²) in [5.74, 6) is -2.93. The molecule has 4 atom stereocenters. The Labute approximate surface area is 336 Å². The molecule has 0 saturated carbocycles. The lowest BCUT2D eigenvalue weighted by atomic mass is 9.98. The number of esters is 4. The number of hydrogen-bond acceptors (Lipinski definition) is 9. The Morgan fingerprint density at radius 2 is 0.764 bits per heavy atom. The molecule has 0 aliphatic carbocycles. The third kappa shape index (κ3) is 33.2. The van der Waals surface area contributed by atoms with Crippen LogP contribution in [0.1, 0.15) is 228 Å². The van der Waals surface area contributed by atoms with Gasteiger partial charge in [-0.15, -0.1) is 0 Å². The zero-order valence-electron chi connectivity index (χ0n) is 36.2. The summed E-state index contributed by atoms with van der Waals surface area (Å²) in [5.41, 5.74) is 0. The van der Waals surface area contributed by atoms with Crippen LogP contribution in [0.15, 0.2) is 0 Å². The average Bonchev–Trinajstić information content (AvgIpc) is 3.13. The van der Waals surface area contributed by atoms with Crippen molar-refractivity contribution in [3.05, 3.63) is 0 Å². The predicted octanol–water partition coefficient (Wildman–Crippen LogP) is 11.2. The summed E-state index contributed by atoms with van der Waals surface area (Å²) in [7, 11) is 0. The number of amides is 1. The van der Waals surface area contributed by atoms with E-state index in [0.29, 0.717) is 19.3 Å².